The topological polar surface area (TPSA) is 59.1 Å². The molecule has 0 spiro atoms. The Morgan fingerprint density at radius 2 is 1.43 bits per heavy atom. The normalized spacial score (nSPS) is 14.0. The SMILES string of the molecule is COCCN(CCOC)C1=C(c2ccccc2)C(=O)N(Cc2ccc(C)cc2)C1=O. The lowest BCUT2D eigenvalue weighted by Gasteiger charge is -2.25. The summed E-state index contributed by atoms with van der Waals surface area (Å²) in [5.74, 6) is -0.562. The first kappa shape index (κ1) is 21.7. The van der Waals surface area contributed by atoms with Gasteiger partial charge in [0.05, 0.1) is 25.3 Å². The third kappa shape index (κ3) is 4.78. The number of imide groups is 1. The molecule has 0 saturated carbocycles. The molecule has 6 nitrogen and oxygen atoms in total. The fraction of sp³-hybridized carbons (Fsp3) is 0.333. The number of hydrogen-bond donors (Lipinski definition) is 0. The van der Waals surface area contributed by atoms with Crippen molar-refractivity contribution in [2.45, 2.75) is 13.5 Å². The van der Waals surface area contributed by atoms with Crippen LogP contribution in [0.4, 0.5) is 0 Å². The standard InChI is InChI=1S/C24H28N2O4/c1-18-9-11-19(12-10-18)17-26-23(27)21(20-7-5-4-6-8-20)22(24(26)28)25(13-15-29-2)14-16-30-3/h4-12H,13-17H2,1-3H3. The minimum Gasteiger partial charge on any atom is -0.383 e. The maximum absolute atomic E-state index is 13.5. The molecule has 1 aliphatic rings. The van der Waals surface area contributed by atoms with Gasteiger partial charge >= 0.3 is 0 Å². The summed E-state index contributed by atoms with van der Waals surface area (Å²) in [4.78, 5) is 30.1. The Labute approximate surface area is 177 Å². The lowest BCUT2D eigenvalue weighted by molar-refractivity contribution is -0.138. The van der Waals surface area contributed by atoms with E-state index in [0.717, 1.165) is 16.7 Å². The van der Waals surface area contributed by atoms with E-state index in [4.69, 9.17) is 9.47 Å². The number of aryl methyl sites for hydroxylation is 1. The first-order chi connectivity index (χ1) is 14.6. The quantitative estimate of drug-likeness (QED) is 0.566. The van der Waals surface area contributed by atoms with Crippen molar-refractivity contribution in [3.63, 3.8) is 0 Å². The molecule has 1 heterocycles. The van der Waals surface area contributed by atoms with Gasteiger partial charge in [0.15, 0.2) is 0 Å². The second-order valence-electron chi connectivity index (χ2n) is 7.24. The van der Waals surface area contributed by atoms with E-state index in [1.54, 1.807) is 14.2 Å². The van der Waals surface area contributed by atoms with Crippen LogP contribution in [0.3, 0.4) is 0 Å². The van der Waals surface area contributed by atoms with Gasteiger partial charge in [0.2, 0.25) is 0 Å². The zero-order valence-electron chi connectivity index (χ0n) is 17.8. The van der Waals surface area contributed by atoms with Gasteiger partial charge in [0.1, 0.15) is 5.70 Å². The molecule has 2 aromatic carbocycles. The van der Waals surface area contributed by atoms with Crippen LogP contribution in [0.15, 0.2) is 60.3 Å². The van der Waals surface area contributed by atoms with E-state index >= 15 is 0 Å². The number of nitrogens with zero attached hydrogens (tertiary/aromatic N) is 2. The Hall–Kier alpha value is -2.96. The summed E-state index contributed by atoms with van der Waals surface area (Å²) >= 11 is 0. The highest BCUT2D eigenvalue weighted by molar-refractivity contribution is 6.35. The highest BCUT2D eigenvalue weighted by Gasteiger charge is 2.41. The van der Waals surface area contributed by atoms with Gasteiger partial charge in [-0.15, -0.1) is 0 Å². The number of carbonyl (C=O) groups excluding carboxylic acids is 2. The second kappa shape index (κ2) is 10.2. The van der Waals surface area contributed by atoms with E-state index in [1.807, 2.05) is 66.4 Å². The van der Waals surface area contributed by atoms with Gasteiger partial charge < -0.3 is 14.4 Å². The molecule has 0 radical (unpaired) electrons. The molecule has 3 rings (SSSR count). The van der Waals surface area contributed by atoms with Crippen LogP contribution in [0, 0.1) is 6.92 Å². The molecular weight excluding hydrogens is 380 g/mol. The highest BCUT2D eigenvalue weighted by Crippen LogP contribution is 2.32. The van der Waals surface area contributed by atoms with E-state index < -0.39 is 0 Å². The maximum atomic E-state index is 13.5. The summed E-state index contributed by atoms with van der Waals surface area (Å²) in [6.45, 7) is 4.10. The lowest BCUT2D eigenvalue weighted by atomic mass is 10.0. The van der Waals surface area contributed by atoms with Gasteiger partial charge in [-0.05, 0) is 18.1 Å². The van der Waals surface area contributed by atoms with Crippen molar-refractivity contribution in [2.75, 3.05) is 40.5 Å². The summed E-state index contributed by atoms with van der Waals surface area (Å²) in [6, 6.07) is 17.2. The first-order valence-corrected chi connectivity index (χ1v) is 10.0. The monoisotopic (exact) mass is 408 g/mol. The van der Waals surface area contributed by atoms with Crippen molar-refractivity contribution in [2.24, 2.45) is 0 Å². The summed E-state index contributed by atoms with van der Waals surface area (Å²) in [5.41, 5.74) is 3.62. The van der Waals surface area contributed by atoms with Gasteiger partial charge in [-0.1, -0.05) is 60.2 Å². The Balaban J connectivity index is 2.00. The average Bonchev–Trinajstić information content (AvgIpc) is 3.01. The molecule has 0 atom stereocenters. The summed E-state index contributed by atoms with van der Waals surface area (Å²) < 4.78 is 10.5. The molecule has 0 bridgehead atoms. The number of hydrogen-bond acceptors (Lipinski definition) is 5. The number of rotatable bonds is 10. The zero-order chi connectivity index (χ0) is 21.5. The van der Waals surface area contributed by atoms with Crippen LogP contribution in [0.5, 0.6) is 0 Å². The fourth-order valence-corrected chi connectivity index (χ4v) is 3.48. The van der Waals surface area contributed by atoms with E-state index in [1.165, 1.54) is 4.90 Å². The molecule has 30 heavy (non-hydrogen) atoms. The summed E-state index contributed by atoms with van der Waals surface area (Å²) in [6.07, 6.45) is 0. The van der Waals surface area contributed by atoms with E-state index in [-0.39, 0.29) is 18.4 Å². The lowest BCUT2D eigenvalue weighted by Crippen LogP contribution is -2.37. The minimum atomic E-state index is -0.286. The van der Waals surface area contributed by atoms with E-state index in [9.17, 15) is 9.59 Å². The van der Waals surface area contributed by atoms with Crippen molar-refractivity contribution in [1.82, 2.24) is 9.80 Å². The van der Waals surface area contributed by atoms with Crippen LogP contribution in [-0.2, 0) is 25.6 Å². The van der Waals surface area contributed by atoms with Crippen molar-refractivity contribution < 1.29 is 19.1 Å². The van der Waals surface area contributed by atoms with Crippen molar-refractivity contribution in [3.8, 4) is 0 Å². The number of ether oxygens (including phenoxy) is 2. The van der Waals surface area contributed by atoms with Crippen LogP contribution in [0.25, 0.3) is 5.57 Å². The Bertz CT molecular complexity index is 899. The third-order valence-electron chi connectivity index (χ3n) is 5.11. The molecule has 6 heteroatoms. The Morgan fingerprint density at radius 1 is 0.833 bits per heavy atom. The molecule has 2 amide bonds. The van der Waals surface area contributed by atoms with Crippen LogP contribution in [0.2, 0.25) is 0 Å². The number of benzene rings is 2. The number of methoxy groups -OCH3 is 2. The van der Waals surface area contributed by atoms with Crippen LogP contribution < -0.4 is 0 Å². The molecule has 0 aromatic heterocycles. The van der Waals surface area contributed by atoms with Gasteiger partial charge in [-0.2, -0.15) is 0 Å². The predicted octanol–water partition coefficient (Wildman–Crippen LogP) is 2.87. The van der Waals surface area contributed by atoms with E-state index in [0.29, 0.717) is 37.6 Å². The molecular formula is C24H28N2O4. The molecule has 0 N–H and O–H groups in total. The Kier molecular flexibility index (Phi) is 7.38. The highest BCUT2D eigenvalue weighted by atomic mass is 16.5. The van der Waals surface area contributed by atoms with Gasteiger partial charge in [-0.25, -0.2) is 0 Å². The zero-order valence-corrected chi connectivity index (χ0v) is 17.8. The van der Waals surface area contributed by atoms with Crippen LogP contribution in [-0.4, -0.2) is 62.1 Å². The maximum Gasteiger partial charge on any atom is 0.278 e. The smallest absolute Gasteiger partial charge is 0.278 e. The van der Waals surface area contributed by atoms with Gasteiger partial charge in [-0.3, -0.25) is 14.5 Å². The largest absolute Gasteiger partial charge is 0.383 e. The molecule has 2 aromatic rings. The van der Waals surface area contributed by atoms with Crippen molar-refractivity contribution in [1.29, 1.82) is 0 Å². The van der Waals surface area contributed by atoms with Gasteiger partial charge in [0.25, 0.3) is 11.8 Å². The molecule has 1 aliphatic heterocycles. The molecule has 158 valence electrons. The average molecular weight is 408 g/mol. The fourth-order valence-electron chi connectivity index (χ4n) is 3.48. The summed E-state index contributed by atoms with van der Waals surface area (Å²) in [7, 11) is 3.23. The third-order valence-corrected chi connectivity index (χ3v) is 5.11. The summed E-state index contributed by atoms with van der Waals surface area (Å²) in [5, 5.41) is 0. The van der Waals surface area contributed by atoms with Crippen molar-refractivity contribution in [3.05, 3.63) is 77.0 Å². The van der Waals surface area contributed by atoms with Crippen molar-refractivity contribution >= 4 is 17.4 Å². The molecule has 0 unspecified atom stereocenters. The minimum absolute atomic E-state index is 0.236. The Morgan fingerprint density at radius 3 is 2.00 bits per heavy atom. The second-order valence-corrected chi connectivity index (χ2v) is 7.24. The molecule has 0 fully saturated rings. The number of carbonyl (C=O) groups is 2. The van der Waals surface area contributed by atoms with E-state index in [2.05, 4.69) is 0 Å². The predicted molar refractivity (Wildman–Crippen MR) is 115 cm³/mol. The molecule has 0 saturated heterocycles. The van der Waals surface area contributed by atoms with Crippen LogP contribution >= 0.6 is 0 Å². The number of amides is 2. The van der Waals surface area contributed by atoms with Gasteiger partial charge in [0, 0.05) is 27.3 Å². The van der Waals surface area contributed by atoms with Crippen LogP contribution in [0.1, 0.15) is 16.7 Å². The first-order valence-electron chi connectivity index (χ1n) is 10.0. The molecule has 0 aliphatic carbocycles.